The van der Waals surface area contributed by atoms with E-state index < -0.39 is 0 Å². The number of aryl methyl sites for hydroxylation is 3. The third-order valence-corrected chi connectivity index (χ3v) is 5.47. The van der Waals surface area contributed by atoms with Crippen molar-refractivity contribution in [2.24, 2.45) is 7.05 Å². The molecule has 0 N–H and O–H groups in total. The van der Waals surface area contributed by atoms with Crippen molar-refractivity contribution in [3.05, 3.63) is 70.7 Å². The minimum absolute atomic E-state index is 0.652. The third-order valence-electron chi connectivity index (χ3n) is 5.23. The molecule has 0 unspecified atom stereocenters. The molecule has 0 bridgehead atoms. The molecule has 0 amide bonds. The van der Waals surface area contributed by atoms with E-state index in [4.69, 9.17) is 16.3 Å². The van der Waals surface area contributed by atoms with E-state index >= 15 is 0 Å². The summed E-state index contributed by atoms with van der Waals surface area (Å²) >= 11 is 6.34. The monoisotopic (exact) mass is 376 g/mol. The number of ether oxygens (including phenoxy) is 1. The topological polar surface area (TPSA) is 13.1 Å². The van der Waals surface area contributed by atoms with Gasteiger partial charge in [0.1, 0.15) is 12.8 Å². The van der Waals surface area contributed by atoms with Gasteiger partial charge in [-0.05, 0) is 61.7 Å². The molecule has 4 aromatic rings. The molecule has 1 aromatic heterocycles. The van der Waals surface area contributed by atoms with Gasteiger partial charge in [-0.1, -0.05) is 29.8 Å². The van der Waals surface area contributed by atoms with Crippen LogP contribution in [-0.4, -0.2) is 6.61 Å². The molecular weight excluding hydrogens is 354 g/mol. The van der Waals surface area contributed by atoms with Gasteiger partial charge in [0.15, 0.2) is 0 Å². The number of hydrogen-bond acceptors (Lipinski definition) is 1. The number of halogens is 1. The maximum Gasteiger partial charge on any atom is 0.214 e. The average molecular weight is 377 g/mol. The van der Waals surface area contributed by atoms with E-state index in [1.807, 2.05) is 25.1 Å². The van der Waals surface area contributed by atoms with Crippen molar-refractivity contribution < 1.29 is 9.30 Å². The van der Waals surface area contributed by atoms with Gasteiger partial charge in [-0.15, -0.1) is 0 Å². The second-order valence-corrected chi connectivity index (χ2v) is 7.41. The van der Waals surface area contributed by atoms with Crippen LogP contribution in [0.4, 0.5) is 0 Å². The Morgan fingerprint density at radius 2 is 1.59 bits per heavy atom. The summed E-state index contributed by atoms with van der Waals surface area (Å²) in [6.45, 7) is 7.02. The van der Waals surface area contributed by atoms with Gasteiger partial charge in [0.25, 0.3) is 0 Å². The number of fused-ring (bicyclic) bond motifs is 2. The number of benzene rings is 3. The molecule has 3 aromatic carbocycles. The Hall–Kier alpha value is -2.58. The summed E-state index contributed by atoms with van der Waals surface area (Å²) < 4.78 is 8.02. The van der Waals surface area contributed by atoms with Crippen LogP contribution in [0.15, 0.2) is 54.6 Å². The number of nitrogens with zero attached hydrogens (tertiary/aromatic N) is 1. The highest BCUT2D eigenvalue weighted by atomic mass is 35.5. The Bertz CT molecular complexity index is 1160. The highest BCUT2D eigenvalue weighted by Crippen LogP contribution is 2.39. The van der Waals surface area contributed by atoms with Gasteiger partial charge in [-0.2, -0.15) is 4.57 Å². The quantitative estimate of drug-likeness (QED) is 0.308. The van der Waals surface area contributed by atoms with Crippen LogP contribution in [0.25, 0.3) is 32.9 Å². The van der Waals surface area contributed by atoms with E-state index in [1.54, 1.807) is 0 Å². The molecule has 0 fully saturated rings. The maximum atomic E-state index is 6.34. The Morgan fingerprint density at radius 3 is 2.30 bits per heavy atom. The molecule has 0 atom stereocenters. The van der Waals surface area contributed by atoms with E-state index in [-0.39, 0.29) is 0 Å². The lowest BCUT2D eigenvalue weighted by Gasteiger charge is -2.16. The number of aromatic nitrogens is 1. The number of pyridine rings is 1. The first-order valence-electron chi connectivity index (χ1n) is 9.25. The fourth-order valence-corrected chi connectivity index (χ4v) is 4.18. The molecular formula is C24H23ClNO+. The van der Waals surface area contributed by atoms with Crippen LogP contribution in [0.3, 0.4) is 0 Å². The van der Waals surface area contributed by atoms with Crippen LogP contribution < -0.4 is 9.30 Å². The van der Waals surface area contributed by atoms with Crippen LogP contribution >= 0.6 is 11.6 Å². The normalized spacial score (nSPS) is 11.3. The first-order chi connectivity index (χ1) is 13.0. The molecule has 3 heteroatoms. The lowest BCUT2D eigenvalue weighted by Crippen LogP contribution is -2.30. The first-order valence-corrected chi connectivity index (χ1v) is 9.63. The molecule has 136 valence electrons. The summed E-state index contributed by atoms with van der Waals surface area (Å²) in [5, 5.41) is 3.13. The van der Waals surface area contributed by atoms with Gasteiger partial charge >= 0.3 is 0 Å². The Balaban J connectivity index is 2.24. The molecule has 0 spiro atoms. The van der Waals surface area contributed by atoms with Crippen molar-refractivity contribution >= 4 is 33.4 Å². The minimum Gasteiger partial charge on any atom is -0.494 e. The van der Waals surface area contributed by atoms with Crippen LogP contribution in [0.5, 0.6) is 5.75 Å². The fraction of sp³-hybridized carbons (Fsp3) is 0.208. The molecule has 0 aliphatic carbocycles. The summed E-state index contributed by atoms with van der Waals surface area (Å²) in [5.74, 6) is 0.894. The minimum atomic E-state index is 0.652. The smallest absolute Gasteiger partial charge is 0.214 e. The van der Waals surface area contributed by atoms with Crippen molar-refractivity contribution in [1.82, 2.24) is 0 Å². The van der Waals surface area contributed by atoms with Gasteiger partial charge in [0.2, 0.25) is 11.0 Å². The SMILES string of the molecule is CCOc1ccc2c(c1)c(-c1c(C)cccc1C)c1ccc(Cl)cc1[n+]2C. The van der Waals surface area contributed by atoms with Gasteiger partial charge in [-0.25, -0.2) is 0 Å². The second kappa shape index (κ2) is 6.86. The first kappa shape index (κ1) is 17.8. The highest BCUT2D eigenvalue weighted by molar-refractivity contribution is 6.31. The zero-order valence-electron chi connectivity index (χ0n) is 16.1. The Morgan fingerprint density at radius 1 is 0.852 bits per heavy atom. The molecule has 0 saturated heterocycles. The van der Waals surface area contributed by atoms with Crippen LogP contribution in [0.1, 0.15) is 18.1 Å². The summed E-state index contributed by atoms with van der Waals surface area (Å²) in [4.78, 5) is 0. The zero-order chi connectivity index (χ0) is 19.1. The van der Waals surface area contributed by atoms with Crippen molar-refractivity contribution in [2.75, 3.05) is 6.61 Å². The van der Waals surface area contributed by atoms with Crippen molar-refractivity contribution in [3.8, 4) is 16.9 Å². The van der Waals surface area contributed by atoms with Gasteiger partial charge < -0.3 is 4.74 Å². The predicted molar refractivity (Wildman–Crippen MR) is 114 cm³/mol. The number of rotatable bonds is 3. The fourth-order valence-electron chi connectivity index (χ4n) is 4.01. The van der Waals surface area contributed by atoms with E-state index in [0.717, 1.165) is 21.8 Å². The van der Waals surface area contributed by atoms with Crippen LogP contribution in [0.2, 0.25) is 5.02 Å². The molecule has 0 radical (unpaired) electrons. The summed E-state index contributed by atoms with van der Waals surface area (Å²) in [5.41, 5.74) is 7.34. The van der Waals surface area contributed by atoms with Crippen LogP contribution in [0, 0.1) is 13.8 Å². The molecule has 27 heavy (non-hydrogen) atoms. The van der Waals surface area contributed by atoms with E-state index in [0.29, 0.717) is 6.61 Å². The van der Waals surface area contributed by atoms with E-state index in [1.165, 1.54) is 33.0 Å². The zero-order valence-corrected chi connectivity index (χ0v) is 16.9. The van der Waals surface area contributed by atoms with E-state index in [2.05, 4.69) is 61.9 Å². The molecule has 0 aliphatic heterocycles. The largest absolute Gasteiger partial charge is 0.494 e. The number of hydrogen-bond donors (Lipinski definition) is 0. The van der Waals surface area contributed by atoms with Gasteiger partial charge in [-0.3, -0.25) is 0 Å². The van der Waals surface area contributed by atoms with E-state index in [9.17, 15) is 0 Å². The summed E-state index contributed by atoms with van der Waals surface area (Å²) in [6, 6.07) is 19.0. The lowest BCUT2D eigenvalue weighted by molar-refractivity contribution is -0.617. The molecule has 4 rings (SSSR count). The van der Waals surface area contributed by atoms with Gasteiger partial charge in [0, 0.05) is 22.7 Å². The second-order valence-electron chi connectivity index (χ2n) is 6.97. The van der Waals surface area contributed by atoms with Crippen molar-refractivity contribution in [1.29, 1.82) is 0 Å². The summed E-state index contributed by atoms with van der Waals surface area (Å²) in [7, 11) is 2.09. The highest BCUT2D eigenvalue weighted by Gasteiger charge is 2.22. The maximum absolute atomic E-state index is 6.34. The van der Waals surface area contributed by atoms with Crippen LogP contribution in [-0.2, 0) is 7.05 Å². The third kappa shape index (κ3) is 2.94. The van der Waals surface area contributed by atoms with Crippen molar-refractivity contribution in [3.63, 3.8) is 0 Å². The Kier molecular flexibility index (Phi) is 4.53. The summed E-state index contributed by atoms with van der Waals surface area (Å²) in [6.07, 6.45) is 0. The van der Waals surface area contributed by atoms with Gasteiger partial charge in [0.05, 0.1) is 17.4 Å². The molecule has 0 saturated carbocycles. The van der Waals surface area contributed by atoms with Crippen molar-refractivity contribution in [2.45, 2.75) is 20.8 Å². The predicted octanol–water partition coefficient (Wildman–Crippen LogP) is 6.15. The molecule has 2 nitrogen and oxygen atoms in total. The average Bonchev–Trinajstić information content (AvgIpc) is 2.64. The Labute approximate surface area is 165 Å². The molecule has 1 heterocycles. The standard InChI is InChI=1S/C24H23ClNO/c1-5-27-18-10-12-21-20(14-18)24(23-15(2)7-6-8-16(23)3)19-11-9-17(25)13-22(19)26(21)4/h6-14H,5H2,1-4H3/q+1. The lowest BCUT2D eigenvalue weighted by atomic mass is 9.90. The molecule has 0 aliphatic rings.